The summed E-state index contributed by atoms with van der Waals surface area (Å²) < 4.78 is 2.05. The summed E-state index contributed by atoms with van der Waals surface area (Å²) in [7, 11) is 0. The van der Waals surface area contributed by atoms with Crippen molar-refractivity contribution in [3.8, 4) is 11.4 Å². The molecule has 0 fully saturated rings. The zero-order chi connectivity index (χ0) is 21.9. The molecule has 9 heteroatoms. The van der Waals surface area contributed by atoms with Crippen molar-refractivity contribution in [3.63, 3.8) is 0 Å². The molecule has 0 spiro atoms. The second-order valence-corrected chi connectivity index (χ2v) is 10.1. The number of thioether (sulfide) groups is 1. The Balaban J connectivity index is 1.35. The largest absolute Gasteiger partial charge is 0.302 e. The molecule has 4 aromatic rings. The quantitative estimate of drug-likeness (QED) is 0.326. The van der Waals surface area contributed by atoms with Crippen molar-refractivity contribution in [2.45, 2.75) is 31.1 Å². The first-order chi connectivity index (χ1) is 15.7. The first-order valence-corrected chi connectivity index (χ1v) is 13.1. The Bertz CT molecular complexity index is 1220. The number of rotatable bonds is 7. The average molecular weight is 480 g/mol. The molecule has 5 rings (SSSR count). The van der Waals surface area contributed by atoms with Crippen LogP contribution in [0.3, 0.4) is 0 Å². The molecular formula is C23H21N5OS3. The van der Waals surface area contributed by atoms with Gasteiger partial charge in [0.2, 0.25) is 0 Å². The summed E-state index contributed by atoms with van der Waals surface area (Å²) in [6.07, 6.45) is 0.737. The van der Waals surface area contributed by atoms with Crippen molar-refractivity contribution in [1.29, 1.82) is 0 Å². The van der Waals surface area contributed by atoms with Crippen molar-refractivity contribution in [2.75, 3.05) is 5.75 Å². The third-order valence-electron chi connectivity index (χ3n) is 5.23. The predicted molar refractivity (Wildman–Crippen MR) is 131 cm³/mol. The fraction of sp³-hybridized carbons (Fsp3) is 0.217. The van der Waals surface area contributed by atoms with Crippen molar-refractivity contribution < 1.29 is 4.79 Å². The fourth-order valence-corrected chi connectivity index (χ4v) is 6.10. The van der Waals surface area contributed by atoms with E-state index >= 15 is 0 Å². The maximum Gasteiger partial charge on any atom is 0.253 e. The highest BCUT2D eigenvalue weighted by molar-refractivity contribution is 7.99. The number of nitrogens with zero attached hydrogens (tertiary/aromatic N) is 5. The summed E-state index contributed by atoms with van der Waals surface area (Å²) in [6, 6.07) is 18.1. The van der Waals surface area contributed by atoms with Gasteiger partial charge in [-0.3, -0.25) is 4.79 Å². The zero-order valence-corrected chi connectivity index (χ0v) is 19.9. The van der Waals surface area contributed by atoms with Gasteiger partial charge in [0.1, 0.15) is 0 Å². The minimum Gasteiger partial charge on any atom is -0.302 e. The van der Waals surface area contributed by atoms with E-state index in [9.17, 15) is 4.79 Å². The molecule has 1 amide bonds. The first kappa shape index (κ1) is 21.1. The molecule has 0 bridgehead atoms. The van der Waals surface area contributed by atoms with E-state index in [0.717, 1.165) is 45.0 Å². The topological polar surface area (TPSA) is 63.4 Å². The van der Waals surface area contributed by atoms with E-state index < -0.39 is 0 Å². The Morgan fingerprint density at radius 2 is 1.88 bits per heavy atom. The molecule has 1 aliphatic rings. The molecule has 1 aromatic carbocycles. The number of hydrazone groups is 1. The number of hydrogen-bond acceptors (Lipinski definition) is 7. The van der Waals surface area contributed by atoms with Crippen LogP contribution in [0, 0.1) is 0 Å². The molecule has 6 nitrogen and oxygen atoms in total. The van der Waals surface area contributed by atoms with E-state index in [1.807, 2.05) is 57.8 Å². The molecule has 32 heavy (non-hydrogen) atoms. The van der Waals surface area contributed by atoms with Crippen molar-refractivity contribution >= 4 is 46.1 Å². The Kier molecular flexibility index (Phi) is 6.20. The maximum absolute atomic E-state index is 13.3. The van der Waals surface area contributed by atoms with Crippen LogP contribution < -0.4 is 0 Å². The van der Waals surface area contributed by atoms with Crippen LogP contribution in [0.1, 0.15) is 29.1 Å². The van der Waals surface area contributed by atoms with Gasteiger partial charge in [-0.25, -0.2) is 5.01 Å². The smallest absolute Gasteiger partial charge is 0.253 e. The minimum atomic E-state index is -0.0517. The molecule has 1 aliphatic heterocycles. The summed E-state index contributed by atoms with van der Waals surface area (Å²) in [4.78, 5) is 15.5. The van der Waals surface area contributed by atoms with Crippen LogP contribution in [0.4, 0.5) is 0 Å². The SMILES string of the molecule is CCn1c(SCC(=O)N2N=C(c3cccs3)C[C@@H]2c2cccs2)nnc1-c1ccccc1. The normalized spacial score (nSPS) is 15.8. The van der Waals surface area contributed by atoms with Gasteiger partial charge in [-0.05, 0) is 29.8 Å². The number of hydrogen-bond donors (Lipinski definition) is 0. The van der Waals surface area contributed by atoms with Crippen molar-refractivity contribution in [1.82, 2.24) is 19.8 Å². The first-order valence-electron chi connectivity index (χ1n) is 10.3. The molecule has 1 atom stereocenters. The van der Waals surface area contributed by atoms with E-state index in [1.165, 1.54) is 11.8 Å². The lowest BCUT2D eigenvalue weighted by molar-refractivity contribution is -0.130. The van der Waals surface area contributed by atoms with Gasteiger partial charge >= 0.3 is 0 Å². The number of carbonyl (C=O) groups excluding carboxylic acids is 1. The maximum atomic E-state index is 13.3. The fourth-order valence-electron chi connectivity index (χ4n) is 3.71. The molecule has 0 aliphatic carbocycles. The van der Waals surface area contributed by atoms with Gasteiger partial charge in [0.25, 0.3) is 5.91 Å². The van der Waals surface area contributed by atoms with Crippen LogP contribution in [0.5, 0.6) is 0 Å². The third-order valence-corrected chi connectivity index (χ3v) is 8.08. The lowest BCUT2D eigenvalue weighted by Crippen LogP contribution is -2.28. The van der Waals surface area contributed by atoms with Crippen molar-refractivity contribution in [3.05, 3.63) is 75.1 Å². The number of benzene rings is 1. The predicted octanol–water partition coefficient (Wildman–Crippen LogP) is 5.56. The monoisotopic (exact) mass is 479 g/mol. The van der Waals surface area contributed by atoms with Gasteiger partial charge in [-0.2, -0.15) is 5.10 Å². The van der Waals surface area contributed by atoms with Gasteiger partial charge in [-0.15, -0.1) is 32.9 Å². The van der Waals surface area contributed by atoms with Crippen LogP contribution in [-0.2, 0) is 11.3 Å². The molecule has 162 valence electrons. The second-order valence-electron chi connectivity index (χ2n) is 7.20. The van der Waals surface area contributed by atoms with E-state index in [-0.39, 0.29) is 17.7 Å². The highest BCUT2D eigenvalue weighted by Gasteiger charge is 2.34. The summed E-state index contributed by atoms with van der Waals surface area (Å²) in [6.45, 7) is 2.79. The standard InChI is InChI=1S/C23H21N5OS3/c1-2-27-22(16-8-4-3-5-9-16)24-25-23(27)32-15-21(29)28-18(20-11-7-13-31-20)14-17(26-28)19-10-6-12-30-19/h3-13,18H,2,14-15H2,1H3/t18-/m1/s1. The van der Waals surface area contributed by atoms with Gasteiger partial charge < -0.3 is 4.57 Å². The van der Waals surface area contributed by atoms with Crippen LogP contribution >= 0.6 is 34.4 Å². The molecule has 0 unspecified atom stereocenters. The van der Waals surface area contributed by atoms with Gasteiger partial charge in [-0.1, -0.05) is 54.2 Å². The Labute approximate surface area is 198 Å². The van der Waals surface area contributed by atoms with E-state index in [2.05, 4.69) is 29.3 Å². The highest BCUT2D eigenvalue weighted by Crippen LogP contribution is 2.36. The van der Waals surface area contributed by atoms with Crippen LogP contribution in [-0.4, -0.2) is 37.1 Å². The van der Waals surface area contributed by atoms with E-state index in [0.29, 0.717) is 0 Å². The molecule has 0 saturated heterocycles. The van der Waals surface area contributed by atoms with Gasteiger partial charge in [0.15, 0.2) is 11.0 Å². The number of amides is 1. The Hall–Kier alpha value is -2.75. The lowest BCUT2D eigenvalue weighted by Gasteiger charge is -2.20. The van der Waals surface area contributed by atoms with Gasteiger partial charge in [0, 0.05) is 23.4 Å². The minimum absolute atomic E-state index is 0.0214. The molecular weight excluding hydrogens is 458 g/mol. The number of carbonyl (C=O) groups is 1. The lowest BCUT2D eigenvalue weighted by atomic mass is 10.1. The van der Waals surface area contributed by atoms with E-state index in [1.54, 1.807) is 27.7 Å². The summed E-state index contributed by atoms with van der Waals surface area (Å²) in [5, 5.41) is 20.0. The molecule has 0 radical (unpaired) electrons. The summed E-state index contributed by atoms with van der Waals surface area (Å²) >= 11 is 4.74. The van der Waals surface area contributed by atoms with Crippen LogP contribution in [0.25, 0.3) is 11.4 Å². The third kappa shape index (κ3) is 4.15. The van der Waals surface area contributed by atoms with E-state index in [4.69, 9.17) is 5.10 Å². The zero-order valence-electron chi connectivity index (χ0n) is 17.4. The Morgan fingerprint density at radius 3 is 2.59 bits per heavy atom. The van der Waals surface area contributed by atoms with Gasteiger partial charge in [0.05, 0.1) is 22.4 Å². The van der Waals surface area contributed by atoms with Crippen LogP contribution in [0.15, 0.2) is 75.6 Å². The molecule has 4 heterocycles. The van der Waals surface area contributed by atoms with Crippen molar-refractivity contribution in [2.24, 2.45) is 5.10 Å². The average Bonchev–Trinajstić information content (AvgIpc) is 3.63. The van der Waals surface area contributed by atoms with Crippen LogP contribution in [0.2, 0.25) is 0 Å². The summed E-state index contributed by atoms with van der Waals surface area (Å²) in [5.41, 5.74) is 1.99. The molecule has 3 aromatic heterocycles. The molecule has 0 N–H and O–H groups in total. The molecule has 0 saturated carbocycles. The number of thiophene rings is 2. The summed E-state index contributed by atoms with van der Waals surface area (Å²) in [5.74, 6) is 1.06. The highest BCUT2D eigenvalue weighted by atomic mass is 32.2. The Morgan fingerprint density at radius 1 is 1.06 bits per heavy atom. The number of aromatic nitrogens is 3. The second kappa shape index (κ2) is 9.40.